The van der Waals surface area contributed by atoms with E-state index in [2.05, 4.69) is 0 Å². The Hall–Kier alpha value is -1.13. The number of hydrogen-bond donors (Lipinski definition) is 0. The predicted octanol–water partition coefficient (Wildman–Crippen LogP) is 1.10. The van der Waals surface area contributed by atoms with Crippen LogP contribution in [0, 0.1) is 0 Å². The second-order valence-electron chi connectivity index (χ2n) is 4.38. The Balaban J connectivity index is 2.65. The topological polar surface area (TPSA) is 35.5 Å². The van der Waals surface area contributed by atoms with Crippen molar-refractivity contribution in [2.24, 2.45) is 0 Å². The molecular formula is C12H18O3Si. The lowest BCUT2D eigenvalue weighted by Crippen LogP contribution is -2.43. The number of carbonyl (C=O) groups is 1. The molecule has 4 heteroatoms. The van der Waals surface area contributed by atoms with Crippen molar-refractivity contribution >= 4 is 16.2 Å². The zero-order chi connectivity index (χ0) is 12.2. The maximum absolute atomic E-state index is 11.9. The lowest BCUT2D eigenvalue weighted by Gasteiger charge is -2.25. The maximum atomic E-state index is 11.9. The van der Waals surface area contributed by atoms with Crippen LogP contribution in [0.3, 0.4) is 0 Å². The summed E-state index contributed by atoms with van der Waals surface area (Å²) < 4.78 is 10.8. The monoisotopic (exact) mass is 238 g/mol. The molecule has 1 unspecified atom stereocenters. The first-order valence-electron chi connectivity index (χ1n) is 5.37. The van der Waals surface area contributed by atoms with Crippen LogP contribution < -0.4 is 4.74 Å². The van der Waals surface area contributed by atoms with Gasteiger partial charge in [-0.05, 0) is 32.9 Å². The van der Waals surface area contributed by atoms with Crippen molar-refractivity contribution in [1.82, 2.24) is 0 Å². The number of esters is 1. The molecule has 0 heterocycles. The van der Waals surface area contributed by atoms with Gasteiger partial charge in [-0.2, -0.15) is 0 Å². The summed E-state index contributed by atoms with van der Waals surface area (Å²) in [7, 11) is 0.594. The van der Waals surface area contributed by atoms with Crippen LogP contribution in [0.2, 0.25) is 0 Å². The minimum absolute atomic E-state index is 0.0193. The van der Waals surface area contributed by atoms with Crippen molar-refractivity contribution in [3.8, 4) is 5.75 Å². The molecule has 1 aromatic rings. The molecule has 0 saturated heterocycles. The minimum Gasteiger partial charge on any atom is -0.425 e. The zero-order valence-corrected chi connectivity index (χ0v) is 12.2. The fourth-order valence-corrected chi connectivity index (χ4v) is 1.93. The normalized spacial score (nSPS) is 14.8. The van der Waals surface area contributed by atoms with E-state index >= 15 is 0 Å². The average Bonchev–Trinajstić information content (AvgIpc) is 2.17. The quantitative estimate of drug-likeness (QED) is 0.448. The summed E-state index contributed by atoms with van der Waals surface area (Å²) in [6.07, 6.45) is 0.0193. The summed E-state index contributed by atoms with van der Waals surface area (Å²) in [5.74, 6) is 0.237. The Kier molecular flexibility index (Phi) is 4.26. The lowest BCUT2D eigenvalue weighted by molar-refractivity contribution is -0.153. The van der Waals surface area contributed by atoms with Gasteiger partial charge in [0.05, 0.1) is 16.3 Å². The third kappa shape index (κ3) is 3.79. The van der Waals surface area contributed by atoms with E-state index in [1.807, 2.05) is 32.0 Å². The summed E-state index contributed by atoms with van der Waals surface area (Å²) in [6.45, 7) is 5.59. The molecule has 0 N–H and O–H groups in total. The van der Waals surface area contributed by atoms with Crippen LogP contribution in [0.5, 0.6) is 5.75 Å². The fraction of sp³-hybridized carbons (Fsp3) is 0.417. The van der Waals surface area contributed by atoms with Crippen LogP contribution in [-0.4, -0.2) is 27.5 Å². The second kappa shape index (κ2) is 5.27. The Morgan fingerprint density at radius 2 is 1.88 bits per heavy atom. The van der Waals surface area contributed by atoms with Crippen LogP contribution >= 0.6 is 0 Å². The van der Waals surface area contributed by atoms with Crippen molar-refractivity contribution in [3.05, 3.63) is 30.3 Å². The van der Waals surface area contributed by atoms with Crippen LogP contribution in [0.4, 0.5) is 0 Å². The first kappa shape index (κ1) is 12.9. The number of hydrogen-bond acceptors (Lipinski definition) is 3. The molecule has 1 atom stereocenters. The van der Waals surface area contributed by atoms with Gasteiger partial charge in [0.1, 0.15) is 11.0 Å². The highest BCUT2D eigenvalue weighted by atomic mass is 28.1. The van der Waals surface area contributed by atoms with E-state index < -0.39 is 5.22 Å². The van der Waals surface area contributed by atoms with E-state index in [9.17, 15) is 4.79 Å². The molecule has 0 saturated carbocycles. The van der Waals surface area contributed by atoms with Crippen LogP contribution in [0.25, 0.3) is 0 Å². The molecule has 0 aliphatic carbocycles. The molecule has 0 aliphatic rings. The van der Waals surface area contributed by atoms with Gasteiger partial charge in [-0.15, -0.1) is 0 Å². The summed E-state index contributed by atoms with van der Waals surface area (Å²) in [6, 6.07) is 9.05. The number of carbonyl (C=O) groups excluding carboxylic acids is 1. The molecule has 0 fully saturated rings. The highest BCUT2D eigenvalue weighted by molar-refractivity contribution is 6.26. The van der Waals surface area contributed by atoms with E-state index in [0.717, 1.165) is 0 Å². The number of para-hydroxylation sites is 1. The molecule has 0 spiro atoms. The largest absolute Gasteiger partial charge is 0.425 e. The van der Waals surface area contributed by atoms with E-state index in [-0.39, 0.29) is 12.1 Å². The van der Waals surface area contributed by atoms with Crippen molar-refractivity contribution in [1.29, 1.82) is 0 Å². The second-order valence-corrected chi connectivity index (χ2v) is 6.29. The molecule has 0 aliphatic heterocycles. The fourth-order valence-electron chi connectivity index (χ4n) is 1.36. The molecule has 1 rings (SSSR count). The van der Waals surface area contributed by atoms with Crippen LogP contribution in [-0.2, 0) is 9.53 Å². The summed E-state index contributed by atoms with van der Waals surface area (Å²) in [5.41, 5.74) is 0. The van der Waals surface area contributed by atoms with E-state index in [0.29, 0.717) is 16.0 Å². The van der Waals surface area contributed by atoms with Crippen molar-refractivity contribution < 1.29 is 14.3 Å². The molecule has 0 radical (unpaired) electrons. The molecule has 0 bridgehead atoms. The SMILES string of the molecule is CC(C)OC(C)([SiH3])C(=O)Oc1ccccc1. The molecule has 0 amide bonds. The van der Waals surface area contributed by atoms with Crippen molar-refractivity contribution in [2.45, 2.75) is 32.1 Å². The smallest absolute Gasteiger partial charge is 0.338 e. The Bertz CT molecular complexity index is 347. The lowest BCUT2D eigenvalue weighted by atomic mass is 10.3. The predicted molar refractivity (Wildman–Crippen MR) is 66.6 cm³/mol. The molecule has 88 valence electrons. The number of ether oxygens (including phenoxy) is 2. The molecule has 0 aromatic heterocycles. The Morgan fingerprint density at radius 1 is 1.31 bits per heavy atom. The van der Waals surface area contributed by atoms with Crippen LogP contribution in [0.15, 0.2) is 30.3 Å². The van der Waals surface area contributed by atoms with E-state index in [4.69, 9.17) is 9.47 Å². The minimum atomic E-state index is -0.788. The summed E-state index contributed by atoms with van der Waals surface area (Å²) in [5, 5.41) is -0.788. The number of benzene rings is 1. The van der Waals surface area contributed by atoms with Crippen molar-refractivity contribution in [3.63, 3.8) is 0 Å². The Morgan fingerprint density at radius 3 is 2.38 bits per heavy atom. The van der Waals surface area contributed by atoms with Gasteiger partial charge in [-0.25, -0.2) is 4.79 Å². The summed E-state index contributed by atoms with van der Waals surface area (Å²) in [4.78, 5) is 11.9. The standard InChI is InChI=1S/C12H18O3Si/c1-9(2)15-12(3,16)11(13)14-10-7-5-4-6-8-10/h4-9H,1-3,16H3. The first-order chi connectivity index (χ1) is 7.42. The maximum Gasteiger partial charge on any atom is 0.338 e. The van der Waals surface area contributed by atoms with Gasteiger partial charge in [0.25, 0.3) is 0 Å². The van der Waals surface area contributed by atoms with E-state index in [1.54, 1.807) is 19.1 Å². The third-order valence-electron chi connectivity index (χ3n) is 1.98. The van der Waals surface area contributed by atoms with Gasteiger partial charge < -0.3 is 9.47 Å². The van der Waals surface area contributed by atoms with Gasteiger partial charge in [0.15, 0.2) is 0 Å². The average molecular weight is 238 g/mol. The Labute approximate surface area is 99.2 Å². The highest BCUT2D eigenvalue weighted by Gasteiger charge is 2.31. The van der Waals surface area contributed by atoms with E-state index in [1.165, 1.54) is 0 Å². The van der Waals surface area contributed by atoms with Gasteiger partial charge in [0.2, 0.25) is 0 Å². The molecule has 3 nitrogen and oxygen atoms in total. The molecular weight excluding hydrogens is 220 g/mol. The molecule has 16 heavy (non-hydrogen) atoms. The first-order valence-corrected chi connectivity index (χ1v) is 6.37. The van der Waals surface area contributed by atoms with Gasteiger partial charge in [-0.1, -0.05) is 18.2 Å². The molecule has 1 aromatic carbocycles. The van der Waals surface area contributed by atoms with Crippen LogP contribution in [0.1, 0.15) is 20.8 Å². The third-order valence-corrected chi connectivity index (χ3v) is 2.62. The zero-order valence-electron chi connectivity index (χ0n) is 10.2. The van der Waals surface area contributed by atoms with Gasteiger partial charge in [0, 0.05) is 0 Å². The number of rotatable bonds is 4. The highest BCUT2D eigenvalue weighted by Crippen LogP contribution is 2.15. The van der Waals surface area contributed by atoms with Gasteiger partial charge >= 0.3 is 5.97 Å². The van der Waals surface area contributed by atoms with Gasteiger partial charge in [-0.3, -0.25) is 0 Å². The van der Waals surface area contributed by atoms with Crippen molar-refractivity contribution in [2.75, 3.05) is 0 Å². The summed E-state index contributed by atoms with van der Waals surface area (Å²) >= 11 is 0.